The van der Waals surface area contributed by atoms with Gasteiger partial charge in [-0.1, -0.05) is 19.1 Å². The number of hydrogen-bond acceptors (Lipinski definition) is 4. The van der Waals surface area contributed by atoms with Gasteiger partial charge in [-0.15, -0.1) is 0 Å². The van der Waals surface area contributed by atoms with Crippen LogP contribution in [0.1, 0.15) is 30.2 Å². The second kappa shape index (κ2) is 6.86. The Morgan fingerprint density at radius 3 is 2.70 bits per heavy atom. The van der Waals surface area contributed by atoms with Crippen LogP contribution in [0.15, 0.2) is 40.5 Å². The molecular weight excluding hydrogens is 266 g/mol. The molecule has 0 radical (unpaired) electrons. The summed E-state index contributed by atoms with van der Waals surface area (Å²) in [4.78, 5) is 9.92. The molecule has 0 amide bonds. The minimum Gasteiger partial charge on any atom is -0.327 e. The number of rotatable bonds is 5. The summed E-state index contributed by atoms with van der Waals surface area (Å²) in [5.74, 6) is 0. The van der Waals surface area contributed by atoms with E-state index < -0.39 is 0 Å². The van der Waals surface area contributed by atoms with Crippen molar-refractivity contribution in [1.29, 1.82) is 0 Å². The van der Waals surface area contributed by atoms with E-state index in [1.54, 1.807) is 18.0 Å². The molecule has 0 saturated heterocycles. The van der Waals surface area contributed by atoms with Crippen LogP contribution in [-0.2, 0) is 6.42 Å². The fraction of sp³-hybridized carbons (Fsp3) is 0.375. The highest BCUT2D eigenvalue weighted by Gasteiger charge is 2.07. The Balaban J connectivity index is 2.13. The molecule has 20 heavy (non-hydrogen) atoms. The third-order valence-electron chi connectivity index (χ3n) is 3.24. The Kier molecular flexibility index (Phi) is 5.15. The van der Waals surface area contributed by atoms with Crippen molar-refractivity contribution in [3.63, 3.8) is 0 Å². The minimum absolute atomic E-state index is 0.244. The normalized spacial score (nSPS) is 12.4. The molecule has 0 spiro atoms. The van der Waals surface area contributed by atoms with Gasteiger partial charge in [-0.25, -0.2) is 9.97 Å². The molecule has 3 nitrogen and oxygen atoms in total. The predicted molar refractivity (Wildman–Crippen MR) is 84.0 cm³/mol. The quantitative estimate of drug-likeness (QED) is 0.855. The molecule has 1 aromatic carbocycles. The summed E-state index contributed by atoms with van der Waals surface area (Å²) < 4.78 is 0. The number of hydrogen-bond donors (Lipinski definition) is 1. The van der Waals surface area contributed by atoms with Crippen molar-refractivity contribution in [1.82, 2.24) is 9.97 Å². The van der Waals surface area contributed by atoms with Gasteiger partial charge in [0.1, 0.15) is 0 Å². The van der Waals surface area contributed by atoms with E-state index in [0.29, 0.717) is 0 Å². The first-order chi connectivity index (χ1) is 9.58. The van der Waals surface area contributed by atoms with Crippen LogP contribution >= 0.6 is 11.8 Å². The first-order valence-corrected chi connectivity index (χ1v) is 7.72. The molecule has 1 heterocycles. The van der Waals surface area contributed by atoms with Gasteiger partial charge in [-0.3, -0.25) is 0 Å². The fourth-order valence-corrected chi connectivity index (χ4v) is 2.83. The van der Waals surface area contributed by atoms with E-state index in [4.69, 9.17) is 5.73 Å². The van der Waals surface area contributed by atoms with Crippen molar-refractivity contribution < 1.29 is 0 Å². The van der Waals surface area contributed by atoms with Crippen LogP contribution in [0.4, 0.5) is 0 Å². The third kappa shape index (κ3) is 4.05. The molecule has 0 aliphatic carbocycles. The van der Waals surface area contributed by atoms with E-state index in [1.165, 1.54) is 16.0 Å². The summed E-state index contributed by atoms with van der Waals surface area (Å²) in [5, 5.41) is 0.797. The lowest BCUT2D eigenvalue weighted by Crippen LogP contribution is -2.21. The zero-order valence-electron chi connectivity index (χ0n) is 12.3. The van der Waals surface area contributed by atoms with E-state index in [1.807, 2.05) is 13.0 Å². The summed E-state index contributed by atoms with van der Waals surface area (Å²) in [5.41, 5.74) is 9.55. The maximum absolute atomic E-state index is 6.01. The van der Waals surface area contributed by atoms with Gasteiger partial charge < -0.3 is 5.73 Å². The van der Waals surface area contributed by atoms with E-state index >= 15 is 0 Å². The van der Waals surface area contributed by atoms with E-state index in [0.717, 1.165) is 23.7 Å². The molecule has 0 aliphatic rings. The summed E-state index contributed by atoms with van der Waals surface area (Å²) in [6.07, 6.45) is 3.74. The Hall–Kier alpha value is -1.39. The van der Waals surface area contributed by atoms with Crippen LogP contribution in [-0.4, -0.2) is 16.0 Å². The fourth-order valence-electron chi connectivity index (χ4n) is 1.97. The lowest BCUT2D eigenvalue weighted by molar-refractivity contribution is 0.646. The van der Waals surface area contributed by atoms with Crippen molar-refractivity contribution in [2.45, 2.75) is 49.7 Å². The maximum atomic E-state index is 6.01. The van der Waals surface area contributed by atoms with Gasteiger partial charge in [0, 0.05) is 22.8 Å². The van der Waals surface area contributed by atoms with Crippen LogP contribution in [0, 0.1) is 13.8 Å². The van der Waals surface area contributed by atoms with Gasteiger partial charge in [0.2, 0.25) is 0 Å². The molecule has 1 atom stereocenters. The monoisotopic (exact) mass is 287 g/mol. The molecule has 2 rings (SSSR count). The Morgan fingerprint density at radius 1 is 1.25 bits per heavy atom. The highest BCUT2D eigenvalue weighted by Crippen LogP contribution is 2.28. The van der Waals surface area contributed by atoms with E-state index in [2.05, 4.69) is 42.0 Å². The summed E-state index contributed by atoms with van der Waals surface area (Å²) in [6.45, 7) is 6.23. The number of nitrogens with two attached hydrogens (primary N) is 1. The van der Waals surface area contributed by atoms with Crippen LogP contribution in [0.5, 0.6) is 0 Å². The maximum Gasteiger partial charge on any atom is 0.192 e. The summed E-state index contributed by atoms with van der Waals surface area (Å²) >= 11 is 1.61. The first-order valence-electron chi connectivity index (χ1n) is 6.91. The molecule has 106 valence electrons. The molecule has 2 N–H and O–H groups in total. The van der Waals surface area contributed by atoms with Crippen LogP contribution in [0.25, 0.3) is 0 Å². The van der Waals surface area contributed by atoms with E-state index in [-0.39, 0.29) is 6.04 Å². The number of benzene rings is 1. The molecular formula is C16H21N3S. The predicted octanol–water partition coefficient (Wildman–Crippen LogP) is 3.52. The van der Waals surface area contributed by atoms with Crippen molar-refractivity contribution in [2.24, 2.45) is 5.73 Å². The van der Waals surface area contributed by atoms with Crippen LogP contribution in [0.2, 0.25) is 0 Å². The molecule has 1 unspecified atom stereocenters. The van der Waals surface area contributed by atoms with Crippen LogP contribution < -0.4 is 5.73 Å². The molecule has 4 heteroatoms. The largest absolute Gasteiger partial charge is 0.327 e. The zero-order chi connectivity index (χ0) is 14.5. The average Bonchev–Trinajstić information content (AvgIpc) is 2.42. The smallest absolute Gasteiger partial charge is 0.192 e. The van der Waals surface area contributed by atoms with Gasteiger partial charge in [0.15, 0.2) is 5.16 Å². The number of nitrogens with zero attached hydrogens (tertiary/aromatic N) is 2. The van der Waals surface area contributed by atoms with Gasteiger partial charge in [-0.2, -0.15) is 0 Å². The van der Waals surface area contributed by atoms with Gasteiger partial charge in [0.25, 0.3) is 0 Å². The van der Waals surface area contributed by atoms with Crippen molar-refractivity contribution in [3.05, 3.63) is 47.3 Å². The Labute approximate surface area is 125 Å². The third-order valence-corrected chi connectivity index (χ3v) is 4.29. The Bertz CT molecular complexity index is 584. The van der Waals surface area contributed by atoms with Crippen molar-refractivity contribution in [2.75, 3.05) is 0 Å². The lowest BCUT2D eigenvalue weighted by Gasteiger charge is -2.11. The summed E-state index contributed by atoms with van der Waals surface area (Å²) in [6, 6.07) is 8.66. The molecule has 0 bridgehead atoms. The SMILES string of the molecule is CCC(N)Cc1ccc(Sc2nccc(C)n2)c(C)c1. The second-order valence-electron chi connectivity index (χ2n) is 5.05. The molecule has 1 aromatic heterocycles. The zero-order valence-corrected chi connectivity index (χ0v) is 13.1. The number of aromatic nitrogens is 2. The topological polar surface area (TPSA) is 51.8 Å². The lowest BCUT2D eigenvalue weighted by atomic mass is 10.0. The number of aryl methyl sites for hydroxylation is 2. The van der Waals surface area contributed by atoms with Gasteiger partial charge in [0.05, 0.1) is 0 Å². The van der Waals surface area contributed by atoms with Gasteiger partial charge >= 0.3 is 0 Å². The Morgan fingerprint density at radius 2 is 2.05 bits per heavy atom. The second-order valence-corrected chi connectivity index (χ2v) is 6.06. The molecule has 2 aromatic rings. The minimum atomic E-state index is 0.244. The highest BCUT2D eigenvalue weighted by atomic mass is 32.2. The van der Waals surface area contributed by atoms with E-state index in [9.17, 15) is 0 Å². The summed E-state index contributed by atoms with van der Waals surface area (Å²) in [7, 11) is 0. The average molecular weight is 287 g/mol. The highest BCUT2D eigenvalue weighted by molar-refractivity contribution is 7.99. The van der Waals surface area contributed by atoms with Crippen LogP contribution in [0.3, 0.4) is 0 Å². The first kappa shape index (κ1) is 15.0. The molecule has 0 fully saturated rings. The molecule has 0 aliphatic heterocycles. The van der Waals surface area contributed by atoms with Crippen molar-refractivity contribution >= 4 is 11.8 Å². The van der Waals surface area contributed by atoms with Gasteiger partial charge in [-0.05, 0) is 61.7 Å². The van der Waals surface area contributed by atoms with Crippen molar-refractivity contribution in [3.8, 4) is 0 Å². The molecule has 0 saturated carbocycles. The standard InChI is InChI=1S/C16H21N3S/c1-4-14(17)10-13-5-6-15(11(2)9-13)20-16-18-8-7-12(3)19-16/h5-9,14H,4,10,17H2,1-3H3.